The van der Waals surface area contributed by atoms with Crippen molar-refractivity contribution in [2.24, 2.45) is 5.84 Å². The van der Waals surface area contributed by atoms with Gasteiger partial charge in [0.2, 0.25) is 0 Å². The van der Waals surface area contributed by atoms with Crippen LogP contribution in [0.15, 0.2) is 24.3 Å². The summed E-state index contributed by atoms with van der Waals surface area (Å²) in [6.07, 6.45) is 0. The molecule has 1 aromatic rings. The van der Waals surface area contributed by atoms with E-state index in [-0.39, 0.29) is 11.9 Å². The van der Waals surface area contributed by atoms with Crippen molar-refractivity contribution in [2.45, 2.75) is 13.0 Å². The van der Waals surface area contributed by atoms with Crippen LogP contribution in [0.5, 0.6) is 0 Å². The van der Waals surface area contributed by atoms with Gasteiger partial charge in [0.05, 0.1) is 0 Å². The van der Waals surface area contributed by atoms with E-state index in [0.717, 1.165) is 0 Å². The monoisotopic (exact) mass is 154 g/mol. The lowest BCUT2D eigenvalue weighted by Crippen LogP contribution is -2.26. The van der Waals surface area contributed by atoms with Crippen molar-refractivity contribution >= 4 is 0 Å². The molecule has 0 saturated carbocycles. The van der Waals surface area contributed by atoms with Crippen LogP contribution in [0.2, 0.25) is 0 Å². The topological polar surface area (TPSA) is 38.0 Å². The van der Waals surface area contributed by atoms with Crippen molar-refractivity contribution in [1.29, 1.82) is 0 Å². The molecule has 3 N–H and O–H groups in total. The summed E-state index contributed by atoms with van der Waals surface area (Å²) in [7, 11) is 0. The van der Waals surface area contributed by atoms with Crippen LogP contribution in [0, 0.1) is 5.82 Å². The van der Waals surface area contributed by atoms with Crippen LogP contribution in [-0.4, -0.2) is 0 Å². The lowest BCUT2D eigenvalue weighted by Gasteiger charge is -2.10. The first-order valence-corrected chi connectivity index (χ1v) is 3.46. The van der Waals surface area contributed by atoms with E-state index in [1.54, 1.807) is 25.1 Å². The van der Waals surface area contributed by atoms with Gasteiger partial charge in [-0.05, 0) is 13.0 Å². The zero-order valence-corrected chi connectivity index (χ0v) is 6.34. The predicted octanol–water partition coefficient (Wildman–Crippen LogP) is 1.35. The molecule has 1 rings (SSSR count). The second-order valence-corrected chi connectivity index (χ2v) is 2.41. The lowest BCUT2D eigenvalue weighted by molar-refractivity contribution is 0.542. The Morgan fingerprint density at radius 3 is 2.64 bits per heavy atom. The molecule has 1 aromatic carbocycles. The number of rotatable bonds is 2. The minimum absolute atomic E-state index is 0.142. The molecule has 0 unspecified atom stereocenters. The second kappa shape index (κ2) is 3.46. The van der Waals surface area contributed by atoms with E-state index in [1.165, 1.54) is 6.07 Å². The van der Waals surface area contributed by atoms with Gasteiger partial charge in [-0.2, -0.15) is 0 Å². The number of nitrogens with two attached hydrogens (primary N) is 1. The molecule has 0 aliphatic carbocycles. The van der Waals surface area contributed by atoms with Gasteiger partial charge >= 0.3 is 0 Å². The summed E-state index contributed by atoms with van der Waals surface area (Å²) in [5, 5.41) is 0. The molecule has 0 spiro atoms. The van der Waals surface area contributed by atoms with Gasteiger partial charge in [0, 0.05) is 11.6 Å². The second-order valence-electron chi connectivity index (χ2n) is 2.41. The van der Waals surface area contributed by atoms with Gasteiger partial charge in [-0.3, -0.25) is 11.3 Å². The summed E-state index contributed by atoms with van der Waals surface area (Å²) in [5.41, 5.74) is 3.07. The maximum atomic E-state index is 12.9. The van der Waals surface area contributed by atoms with E-state index in [9.17, 15) is 4.39 Å². The summed E-state index contributed by atoms with van der Waals surface area (Å²) in [6.45, 7) is 1.80. The van der Waals surface area contributed by atoms with Crippen molar-refractivity contribution in [1.82, 2.24) is 5.43 Å². The van der Waals surface area contributed by atoms with E-state index in [1.807, 2.05) is 0 Å². The SMILES string of the molecule is C[C@@H](NN)c1ccccc1F. The third kappa shape index (κ3) is 1.76. The molecule has 0 aliphatic heterocycles. The van der Waals surface area contributed by atoms with Crippen molar-refractivity contribution in [3.8, 4) is 0 Å². The average Bonchev–Trinajstić information content (AvgIpc) is 2.04. The summed E-state index contributed by atoms with van der Waals surface area (Å²) in [4.78, 5) is 0. The molecule has 2 nitrogen and oxygen atoms in total. The fourth-order valence-corrected chi connectivity index (χ4v) is 0.916. The molecule has 3 heteroatoms. The van der Waals surface area contributed by atoms with Crippen LogP contribution in [0.4, 0.5) is 4.39 Å². The Kier molecular flexibility index (Phi) is 2.57. The van der Waals surface area contributed by atoms with Crippen LogP contribution in [0.3, 0.4) is 0 Å². The van der Waals surface area contributed by atoms with Crippen LogP contribution in [0.1, 0.15) is 18.5 Å². The van der Waals surface area contributed by atoms with Crippen LogP contribution >= 0.6 is 0 Å². The van der Waals surface area contributed by atoms with Crippen molar-refractivity contribution < 1.29 is 4.39 Å². The van der Waals surface area contributed by atoms with Gasteiger partial charge in [-0.1, -0.05) is 18.2 Å². The van der Waals surface area contributed by atoms with E-state index in [2.05, 4.69) is 5.43 Å². The quantitative estimate of drug-likeness (QED) is 0.498. The third-order valence-corrected chi connectivity index (χ3v) is 1.62. The molecule has 0 radical (unpaired) electrons. The van der Waals surface area contributed by atoms with Gasteiger partial charge in [0.25, 0.3) is 0 Å². The summed E-state index contributed by atoms with van der Waals surface area (Å²) in [6, 6.07) is 6.42. The molecule has 0 aromatic heterocycles. The van der Waals surface area contributed by atoms with Crippen molar-refractivity contribution in [3.05, 3.63) is 35.6 Å². The lowest BCUT2D eigenvalue weighted by atomic mass is 10.1. The Balaban J connectivity index is 2.93. The molecular formula is C8H11FN2. The van der Waals surface area contributed by atoms with Gasteiger partial charge in [-0.25, -0.2) is 4.39 Å². The van der Waals surface area contributed by atoms with E-state index in [0.29, 0.717) is 5.56 Å². The summed E-state index contributed by atoms with van der Waals surface area (Å²) < 4.78 is 12.9. The number of halogens is 1. The van der Waals surface area contributed by atoms with Gasteiger partial charge in [0.1, 0.15) is 5.82 Å². The molecule has 1 atom stereocenters. The Hall–Kier alpha value is -0.930. The highest BCUT2D eigenvalue weighted by Crippen LogP contribution is 2.14. The van der Waals surface area contributed by atoms with Gasteiger partial charge in [0.15, 0.2) is 0 Å². The zero-order valence-electron chi connectivity index (χ0n) is 6.34. The molecule has 0 fully saturated rings. The fourth-order valence-electron chi connectivity index (χ4n) is 0.916. The number of hydrogen-bond acceptors (Lipinski definition) is 2. The van der Waals surface area contributed by atoms with Gasteiger partial charge < -0.3 is 0 Å². The Morgan fingerprint density at radius 2 is 2.09 bits per heavy atom. The third-order valence-electron chi connectivity index (χ3n) is 1.62. The fraction of sp³-hybridized carbons (Fsp3) is 0.250. The number of nitrogens with one attached hydrogen (secondary N) is 1. The van der Waals surface area contributed by atoms with Crippen LogP contribution < -0.4 is 11.3 Å². The minimum atomic E-state index is -0.224. The predicted molar refractivity (Wildman–Crippen MR) is 42.1 cm³/mol. The smallest absolute Gasteiger partial charge is 0.128 e. The van der Waals surface area contributed by atoms with E-state index >= 15 is 0 Å². The molecule has 0 amide bonds. The Labute approximate surface area is 65.2 Å². The Bertz CT molecular complexity index is 237. The molecule has 0 bridgehead atoms. The van der Waals surface area contributed by atoms with Crippen LogP contribution in [0.25, 0.3) is 0 Å². The highest BCUT2D eigenvalue weighted by atomic mass is 19.1. The number of benzene rings is 1. The summed E-state index contributed by atoms with van der Waals surface area (Å²) in [5.74, 6) is 4.93. The van der Waals surface area contributed by atoms with Crippen LogP contribution in [-0.2, 0) is 0 Å². The number of hydrogen-bond donors (Lipinski definition) is 2. The standard InChI is InChI=1S/C8H11FN2/c1-6(11-10)7-4-2-3-5-8(7)9/h2-6,11H,10H2,1H3/t6-/m1/s1. The van der Waals surface area contributed by atoms with Gasteiger partial charge in [-0.15, -0.1) is 0 Å². The first-order chi connectivity index (χ1) is 5.25. The molecule has 0 heterocycles. The molecule has 60 valence electrons. The van der Waals surface area contributed by atoms with Crippen molar-refractivity contribution in [3.63, 3.8) is 0 Å². The van der Waals surface area contributed by atoms with E-state index in [4.69, 9.17) is 5.84 Å². The summed E-state index contributed by atoms with van der Waals surface area (Å²) >= 11 is 0. The maximum absolute atomic E-state index is 12.9. The Morgan fingerprint density at radius 1 is 1.45 bits per heavy atom. The molecule has 0 aliphatic rings. The molecule has 0 saturated heterocycles. The normalized spacial score (nSPS) is 13.0. The zero-order chi connectivity index (χ0) is 8.27. The highest BCUT2D eigenvalue weighted by molar-refractivity contribution is 5.20. The minimum Gasteiger partial charge on any atom is -0.271 e. The maximum Gasteiger partial charge on any atom is 0.128 e. The highest BCUT2D eigenvalue weighted by Gasteiger charge is 2.06. The van der Waals surface area contributed by atoms with Crippen molar-refractivity contribution in [2.75, 3.05) is 0 Å². The molecular weight excluding hydrogens is 143 g/mol. The van der Waals surface area contributed by atoms with E-state index < -0.39 is 0 Å². The first kappa shape index (κ1) is 8.17. The first-order valence-electron chi connectivity index (χ1n) is 3.46. The molecule has 11 heavy (non-hydrogen) atoms. The number of hydrazine groups is 1. The average molecular weight is 154 g/mol. The largest absolute Gasteiger partial charge is 0.271 e.